The third kappa shape index (κ3) is 3.20. The van der Waals surface area contributed by atoms with Gasteiger partial charge in [-0.2, -0.15) is 0 Å². The fraction of sp³-hybridized carbons (Fsp3) is 0.267. The van der Waals surface area contributed by atoms with Crippen molar-refractivity contribution in [3.63, 3.8) is 0 Å². The van der Waals surface area contributed by atoms with E-state index in [4.69, 9.17) is 0 Å². The molecule has 2 rings (SSSR count). The largest absolute Gasteiger partial charge is 0.344 e. The zero-order chi connectivity index (χ0) is 13.8. The van der Waals surface area contributed by atoms with Crippen LogP contribution in [0.25, 0.3) is 0 Å². The molecule has 100 valence electrons. The SMILES string of the molecule is CCC(NC(=O)c1ccc(F)cc1C)c1cccs1. The number of hydrogen-bond donors (Lipinski definition) is 1. The summed E-state index contributed by atoms with van der Waals surface area (Å²) >= 11 is 1.62. The zero-order valence-corrected chi connectivity index (χ0v) is 11.8. The number of halogens is 1. The van der Waals surface area contributed by atoms with Gasteiger partial charge in [-0.1, -0.05) is 13.0 Å². The molecule has 0 saturated carbocycles. The van der Waals surface area contributed by atoms with E-state index in [1.165, 1.54) is 18.2 Å². The molecule has 1 atom stereocenters. The lowest BCUT2D eigenvalue weighted by Gasteiger charge is -2.16. The van der Waals surface area contributed by atoms with Crippen molar-refractivity contribution in [3.8, 4) is 0 Å². The van der Waals surface area contributed by atoms with E-state index in [-0.39, 0.29) is 17.8 Å². The summed E-state index contributed by atoms with van der Waals surface area (Å²) in [5.41, 5.74) is 1.18. The number of carbonyl (C=O) groups excluding carboxylic acids is 1. The standard InChI is InChI=1S/C15H16FNOS/c1-3-13(14-5-4-8-19-14)17-15(18)12-7-6-11(16)9-10(12)2/h4-9,13H,3H2,1-2H3,(H,17,18). The maximum atomic E-state index is 13.0. The molecule has 1 aromatic heterocycles. The van der Waals surface area contributed by atoms with Gasteiger partial charge >= 0.3 is 0 Å². The van der Waals surface area contributed by atoms with Crippen LogP contribution in [-0.2, 0) is 0 Å². The maximum absolute atomic E-state index is 13.0. The average molecular weight is 277 g/mol. The molecule has 0 saturated heterocycles. The lowest BCUT2D eigenvalue weighted by molar-refractivity contribution is 0.0935. The monoisotopic (exact) mass is 277 g/mol. The van der Waals surface area contributed by atoms with Gasteiger partial charge in [-0.15, -0.1) is 11.3 Å². The number of rotatable bonds is 4. The van der Waals surface area contributed by atoms with Crippen molar-refractivity contribution >= 4 is 17.2 Å². The van der Waals surface area contributed by atoms with Crippen molar-refractivity contribution in [1.29, 1.82) is 0 Å². The minimum atomic E-state index is -0.320. The fourth-order valence-corrected chi connectivity index (χ4v) is 2.84. The van der Waals surface area contributed by atoms with E-state index in [9.17, 15) is 9.18 Å². The van der Waals surface area contributed by atoms with Crippen molar-refractivity contribution in [2.24, 2.45) is 0 Å². The Balaban J connectivity index is 2.16. The maximum Gasteiger partial charge on any atom is 0.252 e. The molecule has 4 heteroatoms. The summed E-state index contributed by atoms with van der Waals surface area (Å²) in [6.45, 7) is 3.77. The first-order valence-electron chi connectivity index (χ1n) is 6.22. The van der Waals surface area contributed by atoms with Crippen LogP contribution in [0.1, 0.15) is 40.2 Å². The van der Waals surface area contributed by atoms with Crippen LogP contribution < -0.4 is 5.32 Å². The van der Waals surface area contributed by atoms with Gasteiger partial charge in [0.2, 0.25) is 0 Å². The molecule has 0 aliphatic heterocycles. The molecule has 1 N–H and O–H groups in total. The Morgan fingerprint density at radius 2 is 2.21 bits per heavy atom. The first-order valence-corrected chi connectivity index (χ1v) is 7.10. The average Bonchev–Trinajstić information content (AvgIpc) is 2.89. The first kappa shape index (κ1) is 13.7. The first-order chi connectivity index (χ1) is 9.11. The number of thiophene rings is 1. The van der Waals surface area contributed by atoms with E-state index in [1.807, 2.05) is 24.4 Å². The van der Waals surface area contributed by atoms with Crippen molar-refractivity contribution < 1.29 is 9.18 Å². The van der Waals surface area contributed by atoms with Gasteiger partial charge in [-0.05, 0) is 48.6 Å². The summed E-state index contributed by atoms with van der Waals surface area (Å²) in [5.74, 6) is -0.475. The topological polar surface area (TPSA) is 29.1 Å². The van der Waals surface area contributed by atoms with E-state index in [0.717, 1.165) is 11.3 Å². The third-order valence-corrected chi connectivity index (χ3v) is 4.02. The summed E-state index contributed by atoms with van der Waals surface area (Å²) in [4.78, 5) is 13.3. The van der Waals surface area contributed by atoms with Gasteiger partial charge in [0.15, 0.2) is 0 Å². The van der Waals surface area contributed by atoms with E-state index in [1.54, 1.807) is 18.3 Å². The molecule has 1 aromatic carbocycles. The van der Waals surface area contributed by atoms with E-state index >= 15 is 0 Å². The molecule has 0 radical (unpaired) electrons. The lowest BCUT2D eigenvalue weighted by Crippen LogP contribution is -2.28. The van der Waals surface area contributed by atoms with Gasteiger partial charge < -0.3 is 5.32 Å². The van der Waals surface area contributed by atoms with Crippen molar-refractivity contribution in [2.45, 2.75) is 26.3 Å². The summed E-state index contributed by atoms with van der Waals surface area (Å²) < 4.78 is 13.0. The molecule has 0 aliphatic rings. The minimum absolute atomic E-state index is 0.0111. The predicted octanol–water partition coefficient (Wildman–Crippen LogP) is 4.08. The third-order valence-electron chi connectivity index (χ3n) is 3.03. The van der Waals surface area contributed by atoms with Crippen LogP contribution in [-0.4, -0.2) is 5.91 Å². The Hall–Kier alpha value is -1.68. The fourth-order valence-electron chi connectivity index (χ4n) is 1.98. The Morgan fingerprint density at radius 3 is 2.79 bits per heavy atom. The molecule has 2 aromatic rings. The quantitative estimate of drug-likeness (QED) is 0.896. The Morgan fingerprint density at radius 1 is 1.42 bits per heavy atom. The van der Waals surface area contributed by atoms with Crippen LogP contribution >= 0.6 is 11.3 Å². The molecule has 19 heavy (non-hydrogen) atoms. The van der Waals surface area contributed by atoms with Gasteiger partial charge in [0.25, 0.3) is 5.91 Å². The normalized spacial score (nSPS) is 12.2. The summed E-state index contributed by atoms with van der Waals surface area (Å²) in [6.07, 6.45) is 0.826. The smallest absolute Gasteiger partial charge is 0.252 e. The van der Waals surface area contributed by atoms with Crippen molar-refractivity contribution in [2.75, 3.05) is 0 Å². The molecule has 1 heterocycles. The van der Waals surface area contributed by atoms with Crippen LogP contribution in [0.15, 0.2) is 35.7 Å². The van der Waals surface area contributed by atoms with Crippen LogP contribution in [0.4, 0.5) is 4.39 Å². The van der Waals surface area contributed by atoms with Gasteiger partial charge in [-0.25, -0.2) is 4.39 Å². The Bertz CT molecular complexity index is 566. The molecule has 1 amide bonds. The highest BCUT2D eigenvalue weighted by Crippen LogP contribution is 2.22. The Kier molecular flexibility index (Phi) is 4.32. The minimum Gasteiger partial charge on any atom is -0.344 e. The summed E-state index contributed by atoms with van der Waals surface area (Å²) in [7, 11) is 0. The summed E-state index contributed by atoms with van der Waals surface area (Å²) in [6, 6.07) is 8.21. The molecule has 0 spiro atoms. The lowest BCUT2D eigenvalue weighted by atomic mass is 10.1. The van der Waals surface area contributed by atoms with Gasteiger partial charge in [-0.3, -0.25) is 4.79 Å². The predicted molar refractivity (Wildman–Crippen MR) is 76.0 cm³/mol. The van der Waals surface area contributed by atoms with E-state index < -0.39 is 0 Å². The molecule has 0 fully saturated rings. The highest BCUT2D eigenvalue weighted by Gasteiger charge is 2.16. The van der Waals surface area contributed by atoms with Gasteiger partial charge in [0, 0.05) is 10.4 Å². The van der Waals surface area contributed by atoms with E-state index in [2.05, 4.69) is 5.32 Å². The zero-order valence-electron chi connectivity index (χ0n) is 10.9. The molecule has 1 unspecified atom stereocenters. The number of hydrogen-bond acceptors (Lipinski definition) is 2. The Labute approximate surface area is 116 Å². The number of nitrogens with one attached hydrogen (secondary N) is 1. The number of carbonyl (C=O) groups is 1. The van der Waals surface area contributed by atoms with Crippen LogP contribution in [0, 0.1) is 12.7 Å². The molecule has 0 aliphatic carbocycles. The second-order valence-corrected chi connectivity index (χ2v) is 5.39. The molecule has 0 bridgehead atoms. The second-order valence-electron chi connectivity index (χ2n) is 4.41. The van der Waals surface area contributed by atoms with Crippen LogP contribution in [0.2, 0.25) is 0 Å². The number of benzene rings is 1. The van der Waals surface area contributed by atoms with E-state index in [0.29, 0.717) is 11.1 Å². The van der Waals surface area contributed by atoms with Gasteiger partial charge in [0.1, 0.15) is 5.82 Å². The van der Waals surface area contributed by atoms with Gasteiger partial charge in [0.05, 0.1) is 6.04 Å². The highest BCUT2D eigenvalue weighted by molar-refractivity contribution is 7.10. The van der Waals surface area contributed by atoms with Crippen molar-refractivity contribution in [1.82, 2.24) is 5.32 Å². The second kappa shape index (κ2) is 5.97. The van der Waals surface area contributed by atoms with Crippen LogP contribution in [0.3, 0.4) is 0 Å². The highest BCUT2D eigenvalue weighted by atomic mass is 32.1. The van der Waals surface area contributed by atoms with Crippen LogP contribution in [0.5, 0.6) is 0 Å². The molecular formula is C15H16FNOS. The number of amides is 1. The number of aryl methyl sites for hydroxylation is 1. The molecular weight excluding hydrogens is 261 g/mol. The van der Waals surface area contributed by atoms with Crippen molar-refractivity contribution in [3.05, 3.63) is 57.5 Å². The molecule has 2 nitrogen and oxygen atoms in total. The summed E-state index contributed by atoms with van der Waals surface area (Å²) in [5, 5.41) is 4.99.